The second kappa shape index (κ2) is 12.6. The predicted octanol–water partition coefficient (Wildman–Crippen LogP) is 11.4. The minimum atomic E-state index is 0.819. The highest BCUT2D eigenvalue weighted by Crippen LogP contribution is 2.39. The topological polar surface area (TPSA) is 46.8 Å². The van der Waals surface area contributed by atoms with E-state index in [1.54, 1.807) is 0 Å². The molecule has 9 rings (SSSR count). The van der Waals surface area contributed by atoms with E-state index in [1.165, 1.54) is 10.8 Å². The van der Waals surface area contributed by atoms with Crippen molar-refractivity contribution in [2.75, 3.05) is 4.90 Å². The molecule has 7 aromatic carbocycles. The summed E-state index contributed by atoms with van der Waals surface area (Å²) in [5.41, 5.74) is 11.1. The Labute approximate surface area is 290 Å². The standard InChI is InChI=1S/C45H31N5/c1-3-14-36(15-4-1)49(43-21-11-13-32-12-7-8-18-39(32)43)38-28-26-34(27-29-38)42-31-46-41(30-47-42)33-22-24-35(25-23-33)45-48-40-19-9-10-20-44(40)50(45)37-16-5-2-6-17-37/h1-31H. The highest BCUT2D eigenvalue weighted by atomic mass is 15.1. The molecule has 0 aliphatic heterocycles. The molecule has 9 aromatic rings. The summed E-state index contributed by atoms with van der Waals surface area (Å²) in [6.45, 7) is 0. The van der Waals surface area contributed by atoms with Gasteiger partial charge in [0.25, 0.3) is 0 Å². The minimum absolute atomic E-state index is 0.819. The second-order valence-electron chi connectivity index (χ2n) is 12.2. The number of nitrogens with zero attached hydrogens (tertiary/aromatic N) is 5. The van der Waals surface area contributed by atoms with Gasteiger partial charge in [-0.3, -0.25) is 14.5 Å². The Balaban J connectivity index is 0.998. The van der Waals surface area contributed by atoms with E-state index in [1.807, 2.05) is 30.6 Å². The van der Waals surface area contributed by atoms with Crippen LogP contribution >= 0.6 is 0 Å². The second-order valence-corrected chi connectivity index (χ2v) is 12.2. The van der Waals surface area contributed by atoms with Gasteiger partial charge in [0.15, 0.2) is 0 Å². The van der Waals surface area contributed by atoms with Crippen LogP contribution in [0.5, 0.6) is 0 Å². The molecule has 0 bridgehead atoms. The number of hydrogen-bond donors (Lipinski definition) is 0. The molecule has 0 amide bonds. The summed E-state index contributed by atoms with van der Waals surface area (Å²) in [7, 11) is 0. The minimum Gasteiger partial charge on any atom is -0.310 e. The summed E-state index contributed by atoms with van der Waals surface area (Å²) in [4.78, 5) is 17.0. The van der Waals surface area contributed by atoms with Crippen LogP contribution in [0.15, 0.2) is 188 Å². The Hall–Kier alpha value is -6.85. The van der Waals surface area contributed by atoms with Crippen LogP contribution in [-0.4, -0.2) is 19.5 Å². The zero-order valence-electron chi connectivity index (χ0n) is 27.1. The Morgan fingerprint density at radius 2 is 1.00 bits per heavy atom. The van der Waals surface area contributed by atoms with E-state index in [0.29, 0.717) is 0 Å². The molecule has 0 N–H and O–H groups in total. The molecule has 2 aromatic heterocycles. The number of fused-ring (bicyclic) bond motifs is 2. The quantitative estimate of drug-likeness (QED) is 0.174. The zero-order chi connectivity index (χ0) is 33.3. The fourth-order valence-corrected chi connectivity index (χ4v) is 6.66. The lowest BCUT2D eigenvalue weighted by Crippen LogP contribution is -2.10. The largest absolute Gasteiger partial charge is 0.310 e. The van der Waals surface area contributed by atoms with Crippen molar-refractivity contribution in [3.05, 3.63) is 188 Å². The first-order chi connectivity index (χ1) is 24.8. The molecule has 5 heteroatoms. The van der Waals surface area contributed by atoms with Crippen molar-refractivity contribution < 1.29 is 0 Å². The van der Waals surface area contributed by atoms with Gasteiger partial charge < -0.3 is 4.90 Å². The highest BCUT2D eigenvalue weighted by Gasteiger charge is 2.16. The molecular weight excluding hydrogens is 611 g/mol. The van der Waals surface area contributed by atoms with Crippen molar-refractivity contribution in [2.45, 2.75) is 0 Å². The van der Waals surface area contributed by atoms with E-state index in [2.05, 4.69) is 167 Å². The average molecular weight is 642 g/mol. The number of aromatic nitrogens is 4. The third kappa shape index (κ3) is 5.37. The molecule has 0 unspecified atom stereocenters. The number of hydrogen-bond acceptors (Lipinski definition) is 4. The Kier molecular flexibility index (Phi) is 7.41. The van der Waals surface area contributed by atoms with Crippen molar-refractivity contribution in [2.24, 2.45) is 0 Å². The van der Waals surface area contributed by atoms with Crippen LogP contribution in [0.4, 0.5) is 17.1 Å². The van der Waals surface area contributed by atoms with E-state index in [-0.39, 0.29) is 0 Å². The SMILES string of the molecule is c1ccc(N(c2ccc(-c3cnc(-c4ccc(-c5nc6ccccc6n5-c5ccccc5)cc4)cn3)cc2)c2cccc3ccccc23)cc1. The summed E-state index contributed by atoms with van der Waals surface area (Å²) in [6.07, 6.45) is 3.70. The first kappa shape index (κ1) is 29.3. The number of para-hydroxylation sites is 4. The van der Waals surface area contributed by atoms with Gasteiger partial charge in [-0.1, -0.05) is 121 Å². The van der Waals surface area contributed by atoms with Crippen LogP contribution in [0, 0.1) is 0 Å². The highest BCUT2D eigenvalue weighted by molar-refractivity contribution is 5.99. The molecule has 0 aliphatic rings. The lowest BCUT2D eigenvalue weighted by Gasteiger charge is -2.27. The Morgan fingerprint density at radius 3 is 1.72 bits per heavy atom. The van der Waals surface area contributed by atoms with Crippen molar-refractivity contribution in [1.29, 1.82) is 0 Å². The van der Waals surface area contributed by atoms with Crippen molar-refractivity contribution in [3.8, 4) is 39.6 Å². The van der Waals surface area contributed by atoms with E-state index < -0.39 is 0 Å². The maximum atomic E-state index is 5.00. The maximum Gasteiger partial charge on any atom is 0.145 e. The van der Waals surface area contributed by atoms with Gasteiger partial charge in [-0.2, -0.15) is 0 Å². The molecule has 0 saturated heterocycles. The molecule has 0 spiro atoms. The smallest absolute Gasteiger partial charge is 0.145 e. The van der Waals surface area contributed by atoms with Gasteiger partial charge in [-0.25, -0.2) is 4.98 Å². The molecule has 236 valence electrons. The molecule has 0 atom stereocenters. The monoisotopic (exact) mass is 641 g/mol. The molecular formula is C45H31N5. The molecule has 0 saturated carbocycles. The van der Waals surface area contributed by atoms with Gasteiger partial charge in [0.2, 0.25) is 0 Å². The first-order valence-electron chi connectivity index (χ1n) is 16.7. The van der Waals surface area contributed by atoms with E-state index in [0.717, 1.165) is 67.7 Å². The lowest BCUT2D eigenvalue weighted by molar-refractivity contribution is 1.10. The number of anilines is 3. The summed E-state index contributed by atoms with van der Waals surface area (Å²) in [5.74, 6) is 0.903. The maximum absolute atomic E-state index is 5.00. The van der Waals surface area contributed by atoms with Crippen LogP contribution in [0.25, 0.3) is 61.4 Å². The van der Waals surface area contributed by atoms with Crippen LogP contribution in [-0.2, 0) is 0 Å². The predicted molar refractivity (Wildman–Crippen MR) is 205 cm³/mol. The molecule has 2 heterocycles. The average Bonchev–Trinajstić information content (AvgIpc) is 3.59. The van der Waals surface area contributed by atoms with Crippen LogP contribution < -0.4 is 4.90 Å². The normalized spacial score (nSPS) is 11.2. The summed E-state index contributed by atoms with van der Waals surface area (Å²) < 4.78 is 2.21. The number of benzene rings is 7. The Morgan fingerprint density at radius 1 is 0.440 bits per heavy atom. The van der Waals surface area contributed by atoms with E-state index in [4.69, 9.17) is 15.0 Å². The van der Waals surface area contributed by atoms with Gasteiger partial charge in [-0.05, 0) is 60.0 Å². The van der Waals surface area contributed by atoms with Crippen LogP contribution in [0.3, 0.4) is 0 Å². The van der Waals surface area contributed by atoms with E-state index >= 15 is 0 Å². The van der Waals surface area contributed by atoms with Gasteiger partial charge in [0.1, 0.15) is 5.82 Å². The molecule has 0 radical (unpaired) electrons. The molecule has 50 heavy (non-hydrogen) atoms. The molecule has 0 aliphatic carbocycles. The number of imidazole rings is 1. The summed E-state index contributed by atoms with van der Waals surface area (Å²) >= 11 is 0. The fraction of sp³-hybridized carbons (Fsp3) is 0. The van der Waals surface area contributed by atoms with Crippen LogP contribution in [0.2, 0.25) is 0 Å². The van der Waals surface area contributed by atoms with Crippen molar-refractivity contribution >= 4 is 38.9 Å². The van der Waals surface area contributed by atoms with Gasteiger partial charge in [0.05, 0.1) is 40.5 Å². The molecule has 0 fully saturated rings. The van der Waals surface area contributed by atoms with Gasteiger partial charge >= 0.3 is 0 Å². The van der Waals surface area contributed by atoms with Crippen LogP contribution in [0.1, 0.15) is 0 Å². The molecule has 5 nitrogen and oxygen atoms in total. The van der Waals surface area contributed by atoms with Crippen molar-refractivity contribution in [1.82, 2.24) is 19.5 Å². The number of rotatable bonds is 7. The van der Waals surface area contributed by atoms with Gasteiger partial charge in [-0.15, -0.1) is 0 Å². The van der Waals surface area contributed by atoms with E-state index in [9.17, 15) is 0 Å². The van der Waals surface area contributed by atoms with Gasteiger partial charge in [0, 0.05) is 39.1 Å². The Bertz CT molecular complexity index is 2550. The zero-order valence-corrected chi connectivity index (χ0v) is 27.1. The summed E-state index contributed by atoms with van der Waals surface area (Å²) in [5, 5.41) is 2.41. The third-order valence-corrected chi connectivity index (χ3v) is 9.11. The summed E-state index contributed by atoms with van der Waals surface area (Å²) in [6, 6.07) is 61.0. The first-order valence-corrected chi connectivity index (χ1v) is 16.7. The third-order valence-electron chi connectivity index (χ3n) is 9.11. The lowest BCUT2D eigenvalue weighted by atomic mass is 10.1. The van der Waals surface area contributed by atoms with Crippen molar-refractivity contribution in [3.63, 3.8) is 0 Å². The fourth-order valence-electron chi connectivity index (χ4n) is 6.66.